The smallest absolute Gasteiger partial charge is 0.258 e. The molecule has 0 radical (unpaired) electrons. The summed E-state index contributed by atoms with van der Waals surface area (Å²) in [5.74, 6) is 0.271. The highest BCUT2D eigenvalue weighted by atomic mass is 19.1. The third-order valence-electron chi connectivity index (χ3n) is 3.00. The topological polar surface area (TPSA) is 80.0 Å². The number of carbonyl (C=O) groups is 1. The van der Waals surface area contributed by atoms with Gasteiger partial charge in [0.1, 0.15) is 11.6 Å². The molecule has 3 aromatic rings. The van der Waals surface area contributed by atoms with Gasteiger partial charge in [-0.1, -0.05) is 5.16 Å². The minimum Gasteiger partial charge on any atom is -0.360 e. The first-order chi connectivity index (χ1) is 11.1. The molecule has 3 rings (SSSR count). The number of amides is 1. The van der Waals surface area contributed by atoms with Gasteiger partial charge in [0.25, 0.3) is 5.91 Å². The molecule has 0 spiro atoms. The van der Waals surface area contributed by atoms with Crippen LogP contribution in [0.4, 0.5) is 21.6 Å². The van der Waals surface area contributed by atoms with E-state index in [9.17, 15) is 9.18 Å². The van der Waals surface area contributed by atoms with Gasteiger partial charge in [-0.15, -0.1) is 0 Å². The molecule has 0 saturated heterocycles. The summed E-state index contributed by atoms with van der Waals surface area (Å²) in [4.78, 5) is 16.2. The summed E-state index contributed by atoms with van der Waals surface area (Å²) >= 11 is 0. The van der Waals surface area contributed by atoms with E-state index in [2.05, 4.69) is 20.8 Å². The molecule has 2 heterocycles. The minimum absolute atomic E-state index is 0.315. The monoisotopic (exact) mass is 312 g/mol. The molecule has 116 valence electrons. The van der Waals surface area contributed by atoms with Crippen LogP contribution < -0.4 is 10.6 Å². The fourth-order valence-corrected chi connectivity index (χ4v) is 1.95. The largest absolute Gasteiger partial charge is 0.360 e. The second-order valence-corrected chi connectivity index (χ2v) is 4.87. The number of aryl methyl sites for hydroxylation is 1. The maximum absolute atomic E-state index is 12.9. The van der Waals surface area contributed by atoms with Gasteiger partial charge in [-0.2, -0.15) is 0 Å². The Bertz CT molecular complexity index is 830. The molecule has 7 heteroatoms. The van der Waals surface area contributed by atoms with Gasteiger partial charge in [0.05, 0.1) is 17.4 Å². The van der Waals surface area contributed by atoms with E-state index in [1.165, 1.54) is 18.3 Å². The number of nitrogens with zero attached hydrogens (tertiary/aromatic N) is 2. The summed E-state index contributed by atoms with van der Waals surface area (Å²) in [6.45, 7) is 1.73. The molecule has 0 aliphatic rings. The fourth-order valence-electron chi connectivity index (χ4n) is 1.95. The van der Waals surface area contributed by atoms with Gasteiger partial charge in [-0.05, 0) is 37.3 Å². The fraction of sp³-hybridized carbons (Fsp3) is 0.0625. The molecule has 0 atom stereocenters. The lowest BCUT2D eigenvalue weighted by atomic mass is 10.2. The Morgan fingerprint density at radius 3 is 2.61 bits per heavy atom. The number of aromatic nitrogens is 2. The summed E-state index contributed by atoms with van der Waals surface area (Å²) in [7, 11) is 0. The van der Waals surface area contributed by atoms with E-state index < -0.39 is 0 Å². The van der Waals surface area contributed by atoms with Crippen LogP contribution in [0.5, 0.6) is 0 Å². The van der Waals surface area contributed by atoms with Crippen molar-refractivity contribution in [1.82, 2.24) is 10.1 Å². The predicted octanol–water partition coefficient (Wildman–Crippen LogP) is 3.51. The first kappa shape index (κ1) is 14.7. The van der Waals surface area contributed by atoms with Gasteiger partial charge in [0.15, 0.2) is 5.82 Å². The third-order valence-corrected chi connectivity index (χ3v) is 3.00. The summed E-state index contributed by atoms with van der Waals surface area (Å²) < 4.78 is 17.8. The van der Waals surface area contributed by atoms with Crippen molar-refractivity contribution >= 4 is 23.1 Å². The van der Waals surface area contributed by atoms with E-state index in [-0.39, 0.29) is 11.7 Å². The maximum atomic E-state index is 12.9. The number of nitrogens with one attached hydrogen (secondary N) is 2. The molecular formula is C16H13FN4O2. The first-order valence-corrected chi connectivity index (χ1v) is 6.82. The van der Waals surface area contributed by atoms with Crippen molar-refractivity contribution in [3.8, 4) is 0 Å². The van der Waals surface area contributed by atoms with Crippen molar-refractivity contribution < 1.29 is 13.7 Å². The molecular weight excluding hydrogens is 299 g/mol. The zero-order valence-electron chi connectivity index (χ0n) is 12.2. The lowest BCUT2D eigenvalue weighted by Crippen LogP contribution is -2.12. The van der Waals surface area contributed by atoms with Gasteiger partial charge in [-0.3, -0.25) is 9.78 Å². The average Bonchev–Trinajstić information content (AvgIpc) is 2.95. The number of anilines is 3. The second-order valence-electron chi connectivity index (χ2n) is 4.87. The normalized spacial score (nSPS) is 10.3. The van der Waals surface area contributed by atoms with Crippen LogP contribution >= 0.6 is 0 Å². The van der Waals surface area contributed by atoms with Crippen LogP contribution in [-0.4, -0.2) is 16.0 Å². The number of halogens is 1. The van der Waals surface area contributed by atoms with E-state index >= 15 is 0 Å². The van der Waals surface area contributed by atoms with Crippen LogP contribution in [0.25, 0.3) is 0 Å². The standard InChI is InChI=1S/C16H13FN4O2/c1-10-6-15(21-23-10)20-16(22)11-7-14(9-18-8-11)19-13-4-2-12(17)3-5-13/h2-9,19H,1H3,(H,20,21,22). The number of rotatable bonds is 4. The summed E-state index contributed by atoms with van der Waals surface area (Å²) in [5.41, 5.74) is 1.66. The van der Waals surface area contributed by atoms with Gasteiger partial charge < -0.3 is 15.2 Å². The van der Waals surface area contributed by atoms with Crippen LogP contribution in [0.1, 0.15) is 16.1 Å². The molecule has 0 bridgehead atoms. The lowest BCUT2D eigenvalue weighted by Gasteiger charge is -2.07. The minimum atomic E-state index is -0.353. The summed E-state index contributed by atoms with van der Waals surface area (Å²) in [6, 6.07) is 9.14. The molecule has 0 saturated carbocycles. The average molecular weight is 312 g/mol. The summed E-state index contributed by atoms with van der Waals surface area (Å²) in [5, 5.41) is 9.37. The number of carbonyl (C=O) groups excluding carboxylic acids is 1. The lowest BCUT2D eigenvalue weighted by molar-refractivity contribution is 0.102. The van der Waals surface area contributed by atoms with Crippen LogP contribution in [0, 0.1) is 12.7 Å². The van der Waals surface area contributed by atoms with E-state index in [4.69, 9.17) is 4.52 Å². The highest BCUT2D eigenvalue weighted by Crippen LogP contribution is 2.18. The zero-order chi connectivity index (χ0) is 16.2. The molecule has 2 N–H and O–H groups in total. The Balaban J connectivity index is 1.73. The van der Waals surface area contributed by atoms with Crippen molar-refractivity contribution in [3.63, 3.8) is 0 Å². The Labute approximate surface area is 131 Å². The molecule has 23 heavy (non-hydrogen) atoms. The van der Waals surface area contributed by atoms with Crippen LogP contribution in [-0.2, 0) is 0 Å². The molecule has 0 aliphatic carbocycles. The Kier molecular flexibility index (Phi) is 4.01. The van der Waals surface area contributed by atoms with E-state index in [0.29, 0.717) is 28.5 Å². The molecule has 1 amide bonds. The number of hydrogen-bond donors (Lipinski definition) is 2. The van der Waals surface area contributed by atoms with Gasteiger partial charge in [0.2, 0.25) is 0 Å². The van der Waals surface area contributed by atoms with Crippen molar-refractivity contribution in [1.29, 1.82) is 0 Å². The van der Waals surface area contributed by atoms with Crippen LogP contribution in [0.3, 0.4) is 0 Å². The quantitative estimate of drug-likeness (QED) is 0.770. The molecule has 0 aliphatic heterocycles. The zero-order valence-corrected chi connectivity index (χ0v) is 12.2. The first-order valence-electron chi connectivity index (χ1n) is 6.82. The van der Waals surface area contributed by atoms with Crippen molar-refractivity contribution in [3.05, 3.63) is 65.9 Å². The number of pyridine rings is 1. The number of benzene rings is 1. The molecule has 0 unspecified atom stereocenters. The molecule has 2 aromatic heterocycles. The van der Waals surface area contributed by atoms with Gasteiger partial charge in [-0.25, -0.2) is 4.39 Å². The maximum Gasteiger partial charge on any atom is 0.258 e. The SMILES string of the molecule is Cc1cc(NC(=O)c2cncc(Nc3ccc(F)cc3)c2)no1. The van der Waals surface area contributed by atoms with Gasteiger partial charge in [0, 0.05) is 18.0 Å². The van der Waals surface area contributed by atoms with Crippen molar-refractivity contribution in [2.24, 2.45) is 0 Å². The van der Waals surface area contributed by atoms with Gasteiger partial charge >= 0.3 is 0 Å². The summed E-state index contributed by atoms with van der Waals surface area (Å²) in [6.07, 6.45) is 3.01. The predicted molar refractivity (Wildman–Crippen MR) is 83.1 cm³/mol. The third kappa shape index (κ3) is 3.70. The van der Waals surface area contributed by atoms with E-state index in [1.54, 1.807) is 37.4 Å². The Hall–Kier alpha value is -3.22. The Morgan fingerprint density at radius 2 is 1.91 bits per heavy atom. The van der Waals surface area contributed by atoms with Crippen molar-refractivity contribution in [2.45, 2.75) is 6.92 Å². The Morgan fingerprint density at radius 1 is 1.13 bits per heavy atom. The number of hydrogen-bond acceptors (Lipinski definition) is 5. The van der Waals surface area contributed by atoms with Crippen LogP contribution in [0.2, 0.25) is 0 Å². The van der Waals surface area contributed by atoms with Crippen LogP contribution in [0.15, 0.2) is 53.3 Å². The molecule has 1 aromatic carbocycles. The molecule has 0 fully saturated rings. The highest BCUT2D eigenvalue weighted by Gasteiger charge is 2.10. The highest BCUT2D eigenvalue weighted by molar-refractivity contribution is 6.04. The van der Waals surface area contributed by atoms with E-state index in [0.717, 1.165) is 0 Å². The molecule has 6 nitrogen and oxygen atoms in total. The van der Waals surface area contributed by atoms with E-state index in [1.807, 2.05) is 0 Å². The second kappa shape index (κ2) is 6.27. The van der Waals surface area contributed by atoms with Crippen molar-refractivity contribution in [2.75, 3.05) is 10.6 Å².